The lowest BCUT2D eigenvalue weighted by Gasteiger charge is -2.31. The number of nitrogens with one attached hydrogen (secondary N) is 1. The van der Waals surface area contributed by atoms with Gasteiger partial charge < -0.3 is 15.6 Å². The zero-order valence-corrected chi connectivity index (χ0v) is 19.2. The standard InChI is InChI=1S/C19H34N4O3S.ClH/c1-14(2)10-19(4,13-20)21-18(24)17-9-16(12-22(17)5)27(25,26)23-8-6-7-15(3)11-23;/h9,12,14-15H,6-8,10-11,13,20H2,1-5H3,(H,21,24);1H. The van der Waals surface area contributed by atoms with Crippen molar-refractivity contribution in [3.63, 3.8) is 0 Å². The van der Waals surface area contributed by atoms with E-state index in [1.807, 2.05) is 6.92 Å². The first-order chi connectivity index (χ1) is 12.5. The number of halogens is 1. The summed E-state index contributed by atoms with van der Waals surface area (Å²) in [6.07, 6.45) is 4.18. The summed E-state index contributed by atoms with van der Waals surface area (Å²) < 4.78 is 29.0. The second-order valence-electron chi connectivity index (χ2n) is 8.60. The Morgan fingerprint density at radius 2 is 2.07 bits per heavy atom. The molecule has 1 saturated heterocycles. The van der Waals surface area contributed by atoms with E-state index in [1.165, 1.54) is 16.6 Å². The van der Waals surface area contributed by atoms with Crippen LogP contribution in [0.25, 0.3) is 0 Å². The normalized spacial score (nSPS) is 20.5. The Balaban J connectivity index is 0.00000392. The maximum atomic E-state index is 13.0. The van der Waals surface area contributed by atoms with Crippen LogP contribution in [0.3, 0.4) is 0 Å². The monoisotopic (exact) mass is 434 g/mol. The molecule has 2 atom stereocenters. The van der Waals surface area contributed by atoms with Crippen LogP contribution < -0.4 is 11.1 Å². The van der Waals surface area contributed by atoms with E-state index in [-0.39, 0.29) is 23.2 Å². The van der Waals surface area contributed by atoms with Crippen LogP contribution in [-0.4, -0.2) is 48.4 Å². The van der Waals surface area contributed by atoms with Crippen molar-refractivity contribution >= 4 is 28.3 Å². The molecule has 1 fully saturated rings. The molecule has 3 N–H and O–H groups in total. The van der Waals surface area contributed by atoms with Crippen molar-refractivity contribution < 1.29 is 13.2 Å². The molecular formula is C19H35ClN4O3S. The second kappa shape index (κ2) is 9.61. The predicted octanol–water partition coefficient (Wildman–Crippen LogP) is 2.36. The Bertz CT molecular complexity index is 778. The molecule has 0 spiro atoms. The minimum atomic E-state index is -3.59. The lowest BCUT2D eigenvalue weighted by atomic mass is 9.90. The third-order valence-electron chi connectivity index (χ3n) is 5.19. The van der Waals surface area contributed by atoms with Gasteiger partial charge in [-0.05, 0) is 44.1 Å². The number of carbonyl (C=O) groups excluding carboxylic acids is 1. The SMILES string of the molecule is CC(C)CC(C)(CN)NC(=O)c1cc(S(=O)(=O)N2CCCC(C)C2)cn1C.Cl. The maximum Gasteiger partial charge on any atom is 0.268 e. The summed E-state index contributed by atoms with van der Waals surface area (Å²) in [5.41, 5.74) is 5.67. The number of aryl methyl sites for hydroxylation is 1. The summed E-state index contributed by atoms with van der Waals surface area (Å²) in [5, 5.41) is 2.99. The van der Waals surface area contributed by atoms with Gasteiger partial charge in [-0.25, -0.2) is 8.42 Å². The Morgan fingerprint density at radius 3 is 2.61 bits per heavy atom. The van der Waals surface area contributed by atoms with Crippen LogP contribution in [0.15, 0.2) is 17.2 Å². The van der Waals surface area contributed by atoms with Crippen LogP contribution in [0.5, 0.6) is 0 Å². The molecule has 7 nitrogen and oxygen atoms in total. The highest BCUT2D eigenvalue weighted by molar-refractivity contribution is 7.89. The highest BCUT2D eigenvalue weighted by atomic mass is 35.5. The molecule has 2 heterocycles. The highest BCUT2D eigenvalue weighted by Crippen LogP contribution is 2.25. The summed E-state index contributed by atoms with van der Waals surface area (Å²) >= 11 is 0. The molecule has 1 amide bonds. The first kappa shape index (κ1) is 24.9. The number of hydrogen-bond acceptors (Lipinski definition) is 4. The van der Waals surface area contributed by atoms with Crippen LogP contribution in [0.1, 0.15) is 57.4 Å². The minimum Gasteiger partial charge on any atom is -0.345 e. The third kappa shape index (κ3) is 5.72. The highest BCUT2D eigenvalue weighted by Gasteiger charge is 2.32. The minimum absolute atomic E-state index is 0. The smallest absolute Gasteiger partial charge is 0.268 e. The van der Waals surface area contributed by atoms with Gasteiger partial charge in [0.2, 0.25) is 10.0 Å². The summed E-state index contributed by atoms with van der Waals surface area (Å²) in [5.74, 6) is 0.421. The van der Waals surface area contributed by atoms with Gasteiger partial charge in [-0.15, -0.1) is 12.4 Å². The molecule has 0 aromatic carbocycles. The number of nitrogens with zero attached hydrogens (tertiary/aromatic N) is 2. The van der Waals surface area contributed by atoms with Crippen LogP contribution in [0, 0.1) is 11.8 Å². The van der Waals surface area contributed by atoms with E-state index in [4.69, 9.17) is 5.73 Å². The third-order valence-corrected chi connectivity index (χ3v) is 7.03. The molecule has 0 radical (unpaired) electrons. The van der Waals surface area contributed by atoms with Crippen molar-refractivity contribution in [3.05, 3.63) is 18.0 Å². The van der Waals surface area contributed by atoms with Gasteiger partial charge in [0.15, 0.2) is 0 Å². The number of nitrogens with two attached hydrogens (primary N) is 1. The first-order valence-electron chi connectivity index (χ1n) is 9.67. The maximum absolute atomic E-state index is 13.0. The van der Waals surface area contributed by atoms with Crippen LogP contribution in [-0.2, 0) is 17.1 Å². The van der Waals surface area contributed by atoms with E-state index < -0.39 is 15.6 Å². The number of sulfonamides is 1. The van der Waals surface area contributed by atoms with E-state index in [9.17, 15) is 13.2 Å². The Morgan fingerprint density at radius 1 is 1.43 bits per heavy atom. The van der Waals surface area contributed by atoms with E-state index in [0.29, 0.717) is 37.2 Å². The van der Waals surface area contributed by atoms with E-state index in [1.54, 1.807) is 11.6 Å². The van der Waals surface area contributed by atoms with Crippen LogP contribution >= 0.6 is 12.4 Å². The van der Waals surface area contributed by atoms with Crippen LogP contribution in [0.2, 0.25) is 0 Å². The summed E-state index contributed by atoms with van der Waals surface area (Å²) in [4.78, 5) is 13.0. The Kier molecular flexibility index (Phi) is 8.56. The average Bonchev–Trinajstić information content (AvgIpc) is 2.97. The molecule has 0 aliphatic carbocycles. The molecule has 28 heavy (non-hydrogen) atoms. The van der Waals surface area contributed by atoms with Gasteiger partial charge in [-0.2, -0.15) is 4.31 Å². The van der Waals surface area contributed by atoms with Gasteiger partial charge in [0.05, 0.1) is 5.54 Å². The lowest BCUT2D eigenvalue weighted by Crippen LogP contribution is -2.52. The summed E-state index contributed by atoms with van der Waals surface area (Å²) in [6.45, 7) is 9.51. The summed E-state index contributed by atoms with van der Waals surface area (Å²) in [6, 6.07) is 1.47. The molecule has 1 aliphatic heterocycles. The quantitative estimate of drug-likeness (QED) is 0.688. The average molecular weight is 435 g/mol. The predicted molar refractivity (Wildman–Crippen MR) is 114 cm³/mol. The molecule has 1 aromatic heterocycles. The fourth-order valence-electron chi connectivity index (χ4n) is 3.84. The number of amides is 1. The summed E-state index contributed by atoms with van der Waals surface area (Å²) in [7, 11) is -1.90. The molecule has 0 saturated carbocycles. The molecule has 2 unspecified atom stereocenters. The van der Waals surface area contributed by atoms with Crippen molar-refractivity contribution in [2.24, 2.45) is 24.6 Å². The molecule has 9 heteroatoms. The fraction of sp³-hybridized carbons (Fsp3) is 0.737. The first-order valence-corrected chi connectivity index (χ1v) is 11.1. The molecular weight excluding hydrogens is 400 g/mol. The van der Waals surface area contributed by atoms with E-state index >= 15 is 0 Å². The van der Waals surface area contributed by atoms with Gasteiger partial charge in [-0.3, -0.25) is 4.79 Å². The van der Waals surface area contributed by atoms with Gasteiger partial charge in [0, 0.05) is 32.9 Å². The van der Waals surface area contributed by atoms with E-state index in [2.05, 4.69) is 26.1 Å². The fourth-order valence-corrected chi connectivity index (χ4v) is 5.51. The number of hydrogen-bond donors (Lipinski definition) is 2. The zero-order valence-electron chi connectivity index (χ0n) is 17.6. The molecule has 162 valence electrons. The van der Waals surface area contributed by atoms with Gasteiger partial charge >= 0.3 is 0 Å². The lowest BCUT2D eigenvalue weighted by molar-refractivity contribution is 0.0890. The van der Waals surface area contributed by atoms with E-state index in [0.717, 1.165) is 19.3 Å². The topological polar surface area (TPSA) is 97.4 Å². The van der Waals surface area contributed by atoms with Crippen molar-refractivity contribution in [3.8, 4) is 0 Å². The Labute approximate surface area is 175 Å². The van der Waals surface area contributed by atoms with Crippen molar-refractivity contribution in [2.75, 3.05) is 19.6 Å². The van der Waals surface area contributed by atoms with Gasteiger partial charge in [0.1, 0.15) is 10.6 Å². The molecule has 2 rings (SSSR count). The van der Waals surface area contributed by atoms with Gasteiger partial charge in [-0.1, -0.05) is 20.8 Å². The van der Waals surface area contributed by atoms with Crippen molar-refractivity contribution in [1.82, 2.24) is 14.2 Å². The van der Waals surface area contributed by atoms with Crippen molar-refractivity contribution in [2.45, 2.75) is 57.4 Å². The van der Waals surface area contributed by atoms with Crippen LogP contribution in [0.4, 0.5) is 0 Å². The molecule has 0 bridgehead atoms. The molecule has 1 aromatic rings. The van der Waals surface area contributed by atoms with Gasteiger partial charge in [0.25, 0.3) is 5.91 Å². The number of rotatable bonds is 7. The molecule has 1 aliphatic rings. The number of carbonyl (C=O) groups is 1. The zero-order chi connectivity index (χ0) is 20.4. The number of aromatic nitrogens is 1. The second-order valence-corrected chi connectivity index (χ2v) is 10.5. The Hall–Kier alpha value is -1.09. The number of piperidine rings is 1. The largest absolute Gasteiger partial charge is 0.345 e. The van der Waals surface area contributed by atoms with Crippen molar-refractivity contribution in [1.29, 1.82) is 0 Å².